The first kappa shape index (κ1) is 24.7. The Bertz CT molecular complexity index is 1140. The monoisotopic (exact) mass is 451 g/mol. The second-order valence-electron chi connectivity index (χ2n) is 6.69. The molecule has 0 unspecified atom stereocenters. The number of nitrogens with two attached hydrogens (primary N) is 3. The molecule has 0 aliphatic carbocycles. The minimum absolute atomic E-state index is 0.446. The molecule has 174 valence electrons. The summed E-state index contributed by atoms with van der Waals surface area (Å²) in [4.78, 5) is 13.1. The van der Waals surface area contributed by atoms with E-state index < -0.39 is 0 Å². The summed E-state index contributed by atoms with van der Waals surface area (Å²) in [5, 5.41) is 8.03. The van der Waals surface area contributed by atoms with Gasteiger partial charge in [-0.1, -0.05) is 6.07 Å². The highest BCUT2D eigenvalue weighted by Gasteiger charge is 2.05. The number of hydrogen-bond acceptors (Lipinski definition) is 9. The van der Waals surface area contributed by atoms with E-state index in [9.17, 15) is 0 Å². The van der Waals surface area contributed by atoms with E-state index in [1.807, 2.05) is 38.1 Å². The number of methoxy groups -OCH3 is 2. The topological polar surface area (TPSA) is 179 Å². The molecule has 0 radical (unpaired) electrons. The fourth-order valence-corrected chi connectivity index (χ4v) is 2.37. The zero-order chi connectivity index (χ0) is 24.2. The molecule has 0 amide bonds. The highest BCUT2D eigenvalue weighted by Crippen LogP contribution is 2.32. The van der Waals surface area contributed by atoms with E-state index in [-0.39, 0.29) is 0 Å². The Morgan fingerprint density at radius 1 is 0.788 bits per heavy atom. The summed E-state index contributed by atoms with van der Waals surface area (Å²) >= 11 is 0. The summed E-state index contributed by atoms with van der Waals surface area (Å²) in [7, 11) is 3.19. The first-order valence-electron chi connectivity index (χ1n) is 9.84. The second kappa shape index (κ2) is 12.3. The minimum atomic E-state index is 0.446. The molecule has 0 spiro atoms. The van der Waals surface area contributed by atoms with Gasteiger partial charge in [0.15, 0.2) is 5.95 Å². The molecule has 0 bridgehead atoms. The van der Waals surface area contributed by atoms with Gasteiger partial charge in [0.25, 0.3) is 0 Å². The van der Waals surface area contributed by atoms with Gasteiger partial charge >= 0.3 is 0 Å². The minimum Gasteiger partial charge on any atom is -0.497 e. The lowest BCUT2D eigenvalue weighted by Crippen LogP contribution is -1.91. The molecule has 8 N–H and O–H groups in total. The summed E-state index contributed by atoms with van der Waals surface area (Å²) in [6, 6.07) is 9.20. The maximum Gasteiger partial charge on any atom is 0.246 e. The number of rotatable bonds is 4. The zero-order valence-electron chi connectivity index (χ0n) is 19.0. The van der Waals surface area contributed by atoms with Crippen LogP contribution in [0.25, 0.3) is 0 Å². The van der Waals surface area contributed by atoms with E-state index in [1.165, 1.54) is 0 Å². The molecule has 2 heterocycles. The predicted molar refractivity (Wildman–Crippen MR) is 130 cm³/mol. The van der Waals surface area contributed by atoms with E-state index in [1.54, 1.807) is 45.1 Å². The fourth-order valence-electron chi connectivity index (χ4n) is 2.37. The first-order chi connectivity index (χ1) is 15.8. The number of nitrogen functional groups attached to an aromatic ring is 3. The Balaban J connectivity index is 0.000000202. The first-order valence-corrected chi connectivity index (χ1v) is 9.84. The molecule has 0 aliphatic rings. The quantitative estimate of drug-likeness (QED) is 0.226. The van der Waals surface area contributed by atoms with Gasteiger partial charge in [-0.05, 0) is 37.1 Å². The molecule has 4 rings (SSSR count). The van der Waals surface area contributed by atoms with Crippen LogP contribution in [-0.4, -0.2) is 34.2 Å². The van der Waals surface area contributed by atoms with Crippen molar-refractivity contribution in [3.05, 3.63) is 66.2 Å². The third-order valence-electron chi connectivity index (χ3n) is 4.31. The van der Waals surface area contributed by atoms with Crippen LogP contribution in [0.4, 0.5) is 29.0 Å². The summed E-state index contributed by atoms with van der Waals surface area (Å²) in [5.74, 6) is 2.31. The molecule has 4 aromatic rings. The van der Waals surface area contributed by atoms with Crippen LogP contribution in [-0.2, 0) is 0 Å². The average Bonchev–Trinajstić information content (AvgIpc) is 3.51. The number of H-pyrrole nitrogens is 2. The normalized spacial score (nSPS) is 10.1. The molecule has 2 aromatic heterocycles. The maximum atomic E-state index is 5.79. The third kappa shape index (κ3) is 7.90. The number of anilines is 3. The van der Waals surface area contributed by atoms with Gasteiger partial charge < -0.3 is 36.6 Å². The second-order valence-corrected chi connectivity index (χ2v) is 6.69. The van der Waals surface area contributed by atoms with Crippen molar-refractivity contribution in [3.63, 3.8) is 0 Å². The highest BCUT2D eigenvalue weighted by atomic mass is 16.5. The van der Waals surface area contributed by atoms with Crippen LogP contribution >= 0.6 is 0 Å². The fraction of sp³-hybridized carbons (Fsp3) is 0.182. The molecule has 0 saturated carbocycles. The van der Waals surface area contributed by atoms with Gasteiger partial charge in [0.2, 0.25) is 5.95 Å². The van der Waals surface area contributed by atoms with Crippen molar-refractivity contribution in [2.24, 2.45) is 10.2 Å². The van der Waals surface area contributed by atoms with Crippen LogP contribution in [0.1, 0.15) is 11.1 Å². The van der Waals surface area contributed by atoms with Gasteiger partial charge in [-0.25, -0.2) is 9.97 Å². The number of nitrogens with one attached hydrogen (secondary N) is 2. The van der Waals surface area contributed by atoms with Gasteiger partial charge in [-0.2, -0.15) is 0 Å². The van der Waals surface area contributed by atoms with Crippen molar-refractivity contribution < 1.29 is 9.47 Å². The van der Waals surface area contributed by atoms with Crippen molar-refractivity contribution in [2.75, 3.05) is 31.4 Å². The number of hydrogen-bond donors (Lipinski definition) is 5. The Hall–Kier alpha value is -4.54. The highest BCUT2D eigenvalue weighted by molar-refractivity contribution is 5.63. The summed E-state index contributed by atoms with van der Waals surface area (Å²) in [6.07, 6.45) is 6.57. The largest absolute Gasteiger partial charge is 0.497 e. The van der Waals surface area contributed by atoms with Crippen LogP contribution in [0.2, 0.25) is 0 Å². The maximum absolute atomic E-state index is 5.79. The lowest BCUT2D eigenvalue weighted by atomic mass is 10.1. The Morgan fingerprint density at radius 3 is 2.00 bits per heavy atom. The van der Waals surface area contributed by atoms with Gasteiger partial charge in [-0.3, -0.25) is 0 Å². The predicted octanol–water partition coefficient (Wildman–Crippen LogP) is 4.30. The van der Waals surface area contributed by atoms with E-state index in [2.05, 4.69) is 30.2 Å². The third-order valence-corrected chi connectivity index (χ3v) is 4.31. The van der Waals surface area contributed by atoms with E-state index >= 15 is 0 Å². The van der Waals surface area contributed by atoms with Crippen LogP contribution in [0.5, 0.6) is 11.5 Å². The average molecular weight is 452 g/mol. The lowest BCUT2D eigenvalue weighted by Gasteiger charge is -2.06. The van der Waals surface area contributed by atoms with Crippen molar-refractivity contribution in [3.8, 4) is 11.5 Å². The number of azo groups is 1. The van der Waals surface area contributed by atoms with Crippen LogP contribution in [0.15, 0.2) is 65.3 Å². The number of nitrogens with zero attached hydrogens (tertiary/aromatic N) is 4. The van der Waals surface area contributed by atoms with Gasteiger partial charge in [0.05, 0.1) is 14.2 Å². The Labute approximate surface area is 192 Å². The number of imidazole rings is 2. The summed E-state index contributed by atoms with van der Waals surface area (Å²) in [5.41, 5.74) is 20.6. The smallest absolute Gasteiger partial charge is 0.246 e. The molecule has 11 heteroatoms. The summed E-state index contributed by atoms with van der Waals surface area (Å²) in [6.45, 7) is 3.87. The van der Waals surface area contributed by atoms with Crippen molar-refractivity contribution in [1.29, 1.82) is 0 Å². The molecule has 33 heavy (non-hydrogen) atoms. The Morgan fingerprint density at radius 2 is 1.48 bits per heavy atom. The van der Waals surface area contributed by atoms with Gasteiger partial charge in [0.1, 0.15) is 17.2 Å². The van der Waals surface area contributed by atoms with E-state index in [0.29, 0.717) is 29.0 Å². The van der Waals surface area contributed by atoms with Crippen molar-refractivity contribution in [1.82, 2.24) is 19.9 Å². The van der Waals surface area contributed by atoms with Crippen LogP contribution < -0.4 is 26.7 Å². The number of ether oxygens (including phenoxy) is 2. The lowest BCUT2D eigenvalue weighted by molar-refractivity contribution is 0.415. The standard InChI is InChI=1S/C11H13N5O.C8H11NO.C3H5N3/c1-7-5-9(10(17-2)6-8(7)12)15-16-11-13-3-4-14-11;1-6-3-4-7(10-2)5-8(6)9;4-3-5-1-2-6-3/h3-6H,12H2,1-2H3,(H,13,14);3-5H,9H2,1-2H3;1-2H,(H3,4,5,6). The molecule has 11 nitrogen and oxygen atoms in total. The van der Waals surface area contributed by atoms with Crippen LogP contribution in [0, 0.1) is 13.8 Å². The van der Waals surface area contributed by atoms with Gasteiger partial charge in [-0.15, -0.1) is 10.2 Å². The Kier molecular flexibility index (Phi) is 9.25. The molecule has 0 atom stereocenters. The SMILES string of the molecule is COc1cc(N)c(C)cc1N=Nc1ncc[nH]1.COc1ccc(C)c(N)c1.Nc1ncc[nH]1. The number of aromatic amines is 2. The number of aryl methyl sites for hydroxylation is 2. The number of benzene rings is 2. The van der Waals surface area contributed by atoms with E-state index in [0.717, 1.165) is 22.6 Å². The molecular formula is C22H29N9O2. The molecule has 0 saturated heterocycles. The van der Waals surface area contributed by atoms with Gasteiger partial charge in [0, 0.05) is 48.3 Å². The van der Waals surface area contributed by atoms with Crippen LogP contribution in [0.3, 0.4) is 0 Å². The number of aromatic nitrogens is 4. The zero-order valence-corrected chi connectivity index (χ0v) is 19.0. The summed E-state index contributed by atoms with van der Waals surface area (Å²) < 4.78 is 10.2. The van der Waals surface area contributed by atoms with E-state index in [4.69, 9.17) is 26.7 Å². The molecular weight excluding hydrogens is 422 g/mol. The molecule has 2 aromatic carbocycles. The van der Waals surface area contributed by atoms with Crippen molar-refractivity contribution in [2.45, 2.75) is 13.8 Å². The van der Waals surface area contributed by atoms with Crippen molar-refractivity contribution >= 4 is 29.0 Å². The molecule has 0 aliphatic heterocycles. The molecule has 0 fully saturated rings.